The number of nitriles is 1. The predicted octanol–water partition coefficient (Wildman–Crippen LogP) is 0.563. The lowest BCUT2D eigenvalue weighted by Gasteiger charge is -2.38. The lowest BCUT2D eigenvalue weighted by molar-refractivity contribution is -0.279. The minimum absolute atomic E-state index is 0.202. The minimum atomic E-state index is -4.39. The normalized spacial score (nSPS) is 25.1. The van der Waals surface area contributed by atoms with E-state index in [-0.39, 0.29) is 5.57 Å². The second-order valence-corrected chi connectivity index (χ2v) is 13.0. The third kappa shape index (κ3) is 7.23. The Bertz CT molecular complexity index is 1700. The van der Waals surface area contributed by atoms with Gasteiger partial charge in [0, 0.05) is 62.4 Å². The summed E-state index contributed by atoms with van der Waals surface area (Å²) in [5.41, 5.74) is 3.49. The molecule has 5 atom stereocenters. The van der Waals surface area contributed by atoms with Crippen LogP contribution in [-0.4, -0.2) is 115 Å². The van der Waals surface area contributed by atoms with Crippen LogP contribution in [-0.2, 0) is 26.5 Å². The minimum Gasteiger partial charge on any atom is -0.388 e. The van der Waals surface area contributed by atoms with Crippen LogP contribution in [0.2, 0.25) is 0 Å². The van der Waals surface area contributed by atoms with Crippen LogP contribution in [0.5, 0.6) is 0 Å². The third-order valence-electron chi connectivity index (χ3n) is 8.38. The van der Waals surface area contributed by atoms with E-state index in [1.54, 1.807) is 19.2 Å². The highest BCUT2D eigenvalue weighted by Crippen LogP contribution is 2.31. The van der Waals surface area contributed by atoms with E-state index in [0.29, 0.717) is 5.69 Å². The molecule has 2 aromatic carbocycles. The van der Waals surface area contributed by atoms with Gasteiger partial charge in [0.15, 0.2) is 11.2 Å². The maximum absolute atomic E-state index is 13.1. The van der Waals surface area contributed by atoms with Crippen molar-refractivity contribution in [3.05, 3.63) is 59.1 Å². The second kappa shape index (κ2) is 14.0. The van der Waals surface area contributed by atoms with Gasteiger partial charge in [-0.05, 0) is 53.6 Å². The van der Waals surface area contributed by atoms with Crippen molar-refractivity contribution in [2.24, 2.45) is 7.05 Å². The van der Waals surface area contributed by atoms with Crippen molar-refractivity contribution >= 4 is 32.1 Å². The Morgan fingerprint density at radius 2 is 1.71 bits per heavy atom. The van der Waals surface area contributed by atoms with Crippen molar-refractivity contribution in [1.82, 2.24) is 14.2 Å². The van der Waals surface area contributed by atoms with Gasteiger partial charge in [0.05, 0.1) is 13.2 Å². The molecule has 14 heteroatoms. The highest BCUT2D eigenvalue weighted by molar-refractivity contribution is 7.93. The monoisotopic (exact) mass is 641 g/mol. The molecular formula is C31H39N5O8S. The van der Waals surface area contributed by atoms with Gasteiger partial charge in [-0.1, -0.05) is 18.2 Å². The fourth-order valence-corrected chi connectivity index (χ4v) is 6.86. The Hall–Kier alpha value is -3.36. The molecule has 2 unspecified atom stereocenters. The number of ether oxygens (including phenoxy) is 2. The average molecular weight is 642 g/mol. The van der Waals surface area contributed by atoms with Crippen LogP contribution in [0.4, 0.5) is 5.69 Å². The molecule has 2 saturated heterocycles. The van der Waals surface area contributed by atoms with E-state index >= 15 is 0 Å². The molecule has 0 bridgehead atoms. The van der Waals surface area contributed by atoms with Gasteiger partial charge < -0.3 is 39.8 Å². The predicted molar refractivity (Wildman–Crippen MR) is 168 cm³/mol. The molecule has 0 saturated carbocycles. The number of anilines is 1. The van der Waals surface area contributed by atoms with Crippen LogP contribution < -0.4 is 10.0 Å². The number of aromatic nitrogens is 1. The summed E-state index contributed by atoms with van der Waals surface area (Å²) in [6.45, 7) is 6.23. The number of fused-ring (bicyclic) bond motifs is 1. The topological polar surface area (TPSA) is 190 Å². The standard InChI is InChI=1S/C31H39N5O8S/c1-19(27(17-32)45(41,42)34-18-26-28(37)29(38)30(39)31(40)44-26)24-7-8-25(35(24)2)22-4-3-21-16-23(6-5-20(21)15-22)33-9-10-36-11-13-43-14-12-36/h3-8,15-16,26,28-31,33-34,37-40H,9-14,18H2,1-2H3/b27-19+/t26?,28-,29+,30-,31?/m1/s1. The molecule has 2 aliphatic rings. The Kier molecular flexibility index (Phi) is 10.2. The summed E-state index contributed by atoms with van der Waals surface area (Å²) in [5.74, 6) is 0. The molecule has 0 aliphatic carbocycles. The summed E-state index contributed by atoms with van der Waals surface area (Å²) in [6, 6.07) is 17.7. The van der Waals surface area contributed by atoms with Gasteiger partial charge >= 0.3 is 0 Å². The van der Waals surface area contributed by atoms with Crippen molar-refractivity contribution in [3.63, 3.8) is 0 Å². The molecule has 3 heterocycles. The smallest absolute Gasteiger partial charge is 0.251 e. The van der Waals surface area contributed by atoms with Gasteiger partial charge in [-0.15, -0.1) is 0 Å². The van der Waals surface area contributed by atoms with E-state index < -0.39 is 52.2 Å². The van der Waals surface area contributed by atoms with Crippen molar-refractivity contribution in [1.29, 1.82) is 5.26 Å². The fraction of sp³-hybridized carbons (Fsp3) is 0.452. The molecular weight excluding hydrogens is 602 g/mol. The molecule has 2 fully saturated rings. The first-order chi connectivity index (χ1) is 21.5. The van der Waals surface area contributed by atoms with Crippen molar-refractivity contribution in [2.45, 2.75) is 37.6 Å². The highest BCUT2D eigenvalue weighted by Gasteiger charge is 2.43. The maximum atomic E-state index is 13.1. The Morgan fingerprint density at radius 3 is 2.44 bits per heavy atom. The molecule has 0 radical (unpaired) electrons. The van der Waals surface area contributed by atoms with Crippen molar-refractivity contribution < 1.29 is 38.3 Å². The summed E-state index contributed by atoms with van der Waals surface area (Å²) < 4.78 is 40.7. The molecule has 5 rings (SSSR count). The molecule has 0 spiro atoms. The number of aliphatic hydroxyl groups excluding tert-OH is 4. The van der Waals surface area contributed by atoms with Crippen LogP contribution >= 0.6 is 0 Å². The molecule has 6 N–H and O–H groups in total. The molecule has 2 aliphatic heterocycles. The number of aliphatic hydroxyl groups is 4. The number of hydrogen-bond donors (Lipinski definition) is 6. The number of sulfonamides is 1. The maximum Gasteiger partial charge on any atom is 0.251 e. The lowest BCUT2D eigenvalue weighted by atomic mass is 9.99. The molecule has 0 amide bonds. The molecule has 242 valence electrons. The zero-order valence-electron chi connectivity index (χ0n) is 25.1. The van der Waals surface area contributed by atoms with E-state index in [0.717, 1.165) is 67.1 Å². The van der Waals surface area contributed by atoms with Gasteiger partial charge in [-0.3, -0.25) is 4.90 Å². The zero-order valence-corrected chi connectivity index (χ0v) is 25.9. The van der Waals surface area contributed by atoms with E-state index in [1.807, 2.05) is 28.8 Å². The van der Waals surface area contributed by atoms with Gasteiger partial charge in [0.25, 0.3) is 10.0 Å². The van der Waals surface area contributed by atoms with Crippen LogP contribution in [0, 0.1) is 11.3 Å². The van der Waals surface area contributed by atoms with Crippen LogP contribution in [0.15, 0.2) is 53.4 Å². The molecule has 1 aromatic heterocycles. The van der Waals surface area contributed by atoms with E-state index in [9.17, 15) is 34.1 Å². The zero-order chi connectivity index (χ0) is 32.3. The fourth-order valence-electron chi connectivity index (χ4n) is 5.70. The molecule has 13 nitrogen and oxygen atoms in total. The quantitative estimate of drug-likeness (QED) is 0.170. The number of hydrogen-bond acceptors (Lipinski definition) is 11. The van der Waals surface area contributed by atoms with Gasteiger partial charge in [-0.25, -0.2) is 13.1 Å². The Balaban J connectivity index is 1.30. The third-order valence-corrected chi connectivity index (χ3v) is 9.86. The summed E-state index contributed by atoms with van der Waals surface area (Å²) in [6.07, 6.45) is -8.32. The Morgan fingerprint density at radius 1 is 1.00 bits per heavy atom. The second-order valence-electron chi connectivity index (χ2n) is 11.3. The van der Waals surface area contributed by atoms with Crippen LogP contribution in [0.25, 0.3) is 27.6 Å². The summed E-state index contributed by atoms with van der Waals surface area (Å²) in [7, 11) is -2.60. The summed E-state index contributed by atoms with van der Waals surface area (Å²) in [4.78, 5) is 1.84. The molecule has 45 heavy (non-hydrogen) atoms. The van der Waals surface area contributed by atoms with Crippen LogP contribution in [0.1, 0.15) is 12.6 Å². The number of morpholine rings is 1. The largest absolute Gasteiger partial charge is 0.388 e. The van der Waals surface area contributed by atoms with Gasteiger partial charge in [-0.2, -0.15) is 5.26 Å². The SMILES string of the molecule is C/C(=C(/C#N)S(=O)(=O)NCC1OC(O)[C@H](O)[C@@H](O)[C@@H]1O)c1ccc(-c2ccc3cc(NCCN4CCOCC4)ccc3c2)n1C. The summed E-state index contributed by atoms with van der Waals surface area (Å²) >= 11 is 0. The first kappa shape index (κ1) is 33.0. The van der Waals surface area contributed by atoms with E-state index in [4.69, 9.17) is 9.47 Å². The number of nitrogens with one attached hydrogen (secondary N) is 2. The van der Waals surface area contributed by atoms with E-state index in [2.05, 4.69) is 33.1 Å². The number of benzene rings is 2. The Labute approximate surface area is 262 Å². The van der Waals surface area contributed by atoms with Crippen molar-refractivity contribution in [2.75, 3.05) is 51.3 Å². The van der Waals surface area contributed by atoms with Crippen LogP contribution in [0.3, 0.4) is 0 Å². The number of nitrogens with zero attached hydrogens (tertiary/aromatic N) is 3. The summed E-state index contributed by atoms with van der Waals surface area (Å²) in [5, 5.41) is 54.9. The lowest BCUT2D eigenvalue weighted by Crippen LogP contribution is -2.60. The van der Waals surface area contributed by atoms with Gasteiger partial charge in [0.2, 0.25) is 0 Å². The van der Waals surface area contributed by atoms with Crippen molar-refractivity contribution in [3.8, 4) is 17.3 Å². The number of allylic oxidation sites excluding steroid dienone is 2. The first-order valence-electron chi connectivity index (χ1n) is 14.7. The average Bonchev–Trinajstić information content (AvgIpc) is 3.42. The number of rotatable bonds is 10. The first-order valence-corrected chi connectivity index (χ1v) is 16.2. The van der Waals surface area contributed by atoms with Gasteiger partial charge in [0.1, 0.15) is 30.5 Å². The highest BCUT2D eigenvalue weighted by atomic mass is 32.2. The van der Waals surface area contributed by atoms with E-state index in [1.165, 1.54) is 6.92 Å². The molecule has 3 aromatic rings.